The molecule has 1 atom stereocenters. The van der Waals surface area contributed by atoms with Crippen LogP contribution >= 0.6 is 22.9 Å². The van der Waals surface area contributed by atoms with Crippen molar-refractivity contribution in [2.45, 2.75) is 19.5 Å². The molecule has 0 radical (unpaired) electrons. The second kappa shape index (κ2) is 5.33. The third kappa shape index (κ3) is 2.81. The van der Waals surface area contributed by atoms with Crippen LogP contribution in [-0.2, 0) is 6.54 Å². The Bertz CT molecular complexity index is 656. The molecule has 0 aliphatic heterocycles. The molecule has 3 nitrogen and oxygen atoms in total. The van der Waals surface area contributed by atoms with Crippen LogP contribution in [0, 0.1) is 0 Å². The van der Waals surface area contributed by atoms with Crippen LogP contribution in [-0.4, -0.2) is 9.38 Å². The molecule has 3 heterocycles. The predicted molar refractivity (Wildman–Crippen MR) is 79.8 cm³/mol. The highest BCUT2D eigenvalue weighted by Gasteiger charge is 2.08. The van der Waals surface area contributed by atoms with Crippen molar-refractivity contribution in [3.63, 3.8) is 0 Å². The van der Waals surface area contributed by atoms with E-state index in [0.717, 1.165) is 22.2 Å². The first kappa shape index (κ1) is 12.7. The molecule has 1 N–H and O–H groups in total. The van der Waals surface area contributed by atoms with Crippen LogP contribution in [0.4, 0.5) is 0 Å². The van der Waals surface area contributed by atoms with Gasteiger partial charge in [-0.05, 0) is 31.2 Å². The lowest BCUT2D eigenvalue weighted by molar-refractivity contribution is 0.577. The molecule has 3 aromatic rings. The zero-order valence-electron chi connectivity index (χ0n) is 10.5. The number of imidazole rings is 1. The van der Waals surface area contributed by atoms with E-state index in [9.17, 15) is 0 Å². The summed E-state index contributed by atoms with van der Waals surface area (Å²) < 4.78 is 2.86. The Hall–Kier alpha value is -1.36. The van der Waals surface area contributed by atoms with Crippen LogP contribution in [0.1, 0.15) is 23.5 Å². The normalized spacial score (nSPS) is 12.9. The first-order valence-corrected chi connectivity index (χ1v) is 7.33. The SMILES string of the molecule is CC(NCc1cn2ccccc2n1)c1ccc(Cl)s1. The topological polar surface area (TPSA) is 29.3 Å². The number of nitrogens with zero attached hydrogens (tertiary/aromatic N) is 2. The summed E-state index contributed by atoms with van der Waals surface area (Å²) in [5.74, 6) is 0. The van der Waals surface area contributed by atoms with Gasteiger partial charge >= 0.3 is 0 Å². The van der Waals surface area contributed by atoms with Gasteiger partial charge in [0.05, 0.1) is 10.0 Å². The fraction of sp³-hybridized carbons (Fsp3) is 0.214. The van der Waals surface area contributed by atoms with Crippen LogP contribution in [0.5, 0.6) is 0 Å². The third-order valence-electron chi connectivity index (χ3n) is 3.02. The minimum Gasteiger partial charge on any atom is -0.307 e. The predicted octanol–water partition coefficient (Wildman–Crippen LogP) is 3.90. The molecule has 0 saturated carbocycles. The molecule has 0 amide bonds. The quantitative estimate of drug-likeness (QED) is 0.790. The summed E-state index contributed by atoms with van der Waals surface area (Å²) in [5, 5.41) is 3.47. The van der Waals surface area contributed by atoms with E-state index in [4.69, 9.17) is 11.6 Å². The summed E-state index contributed by atoms with van der Waals surface area (Å²) in [7, 11) is 0. The molecular formula is C14H14ClN3S. The highest BCUT2D eigenvalue weighted by molar-refractivity contribution is 7.16. The molecule has 19 heavy (non-hydrogen) atoms. The van der Waals surface area contributed by atoms with Gasteiger partial charge in [-0.15, -0.1) is 11.3 Å². The molecule has 0 aromatic carbocycles. The smallest absolute Gasteiger partial charge is 0.137 e. The lowest BCUT2D eigenvalue weighted by Crippen LogP contribution is -2.17. The summed E-state index contributed by atoms with van der Waals surface area (Å²) >= 11 is 7.56. The van der Waals surface area contributed by atoms with Crippen molar-refractivity contribution in [2.24, 2.45) is 0 Å². The molecule has 0 spiro atoms. The minimum atomic E-state index is 0.280. The van der Waals surface area contributed by atoms with E-state index < -0.39 is 0 Å². The Morgan fingerprint density at radius 1 is 1.37 bits per heavy atom. The Balaban J connectivity index is 1.68. The maximum Gasteiger partial charge on any atom is 0.137 e. The van der Waals surface area contributed by atoms with Gasteiger partial charge in [-0.25, -0.2) is 4.98 Å². The maximum atomic E-state index is 5.95. The zero-order chi connectivity index (χ0) is 13.2. The van der Waals surface area contributed by atoms with E-state index >= 15 is 0 Å². The molecule has 0 fully saturated rings. The van der Waals surface area contributed by atoms with E-state index in [-0.39, 0.29) is 6.04 Å². The number of fused-ring (bicyclic) bond motifs is 1. The summed E-state index contributed by atoms with van der Waals surface area (Å²) in [5.41, 5.74) is 2.02. The summed E-state index contributed by atoms with van der Waals surface area (Å²) in [6.07, 6.45) is 4.06. The summed E-state index contributed by atoms with van der Waals surface area (Å²) in [6, 6.07) is 10.3. The molecule has 3 rings (SSSR count). The van der Waals surface area contributed by atoms with Crippen molar-refractivity contribution in [2.75, 3.05) is 0 Å². The lowest BCUT2D eigenvalue weighted by atomic mass is 10.2. The monoisotopic (exact) mass is 291 g/mol. The van der Waals surface area contributed by atoms with Gasteiger partial charge in [0.2, 0.25) is 0 Å². The van der Waals surface area contributed by atoms with E-state index in [0.29, 0.717) is 0 Å². The van der Waals surface area contributed by atoms with Gasteiger partial charge in [0.25, 0.3) is 0 Å². The van der Waals surface area contributed by atoms with Gasteiger partial charge in [0.1, 0.15) is 5.65 Å². The first-order valence-electron chi connectivity index (χ1n) is 6.13. The molecule has 98 valence electrons. The molecule has 1 unspecified atom stereocenters. The van der Waals surface area contributed by atoms with Crippen LogP contribution in [0.15, 0.2) is 42.7 Å². The minimum absolute atomic E-state index is 0.280. The van der Waals surface area contributed by atoms with E-state index in [1.807, 2.05) is 34.9 Å². The van der Waals surface area contributed by atoms with Crippen LogP contribution < -0.4 is 5.32 Å². The van der Waals surface area contributed by atoms with Gasteiger partial charge in [-0.2, -0.15) is 0 Å². The van der Waals surface area contributed by atoms with Crippen molar-refractivity contribution < 1.29 is 0 Å². The Morgan fingerprint density at radius 2 is 2.26 bits per heavy atom. The second-order valence-electron chi connectivity index (χ2n) is 4.44. The van der Waals surface area contributed by atoms with Crippen LogP contribution in [0.25, 0.3) is 5.65 Å². The highest BCUT2D eigenvalue weighted by atomic mass is 35.5. The molecular weight excluding hydrogens is 278 g/mol. The molecule has 5 heteroatoms. The average molecular weight is 292 g/mol. The highest BCUT2D eigenvalue weighted by Crippen LogP contribution is 2.26. The Kier molecular flexibility index (Phi) is 3.55. The van der Waals surface area contributed by atoms with Crippen LogP contribution in [0.3, 0.4) is 0 Å². The fourth-order valence-corrected chi connectivity index (χ4v) is 3.08. The fourth-order valence-electron chi connectivity index (χ4n) is 1.99. The number of aromatic nitrogens is 2. The molecule has 0 bridgehead atoms. The molecule has 0 aliphatic carbocycles. The zero-order valence-corrected chi connectivity index (χ0v) is 12.1. The van der Waals surface area contributed by atoms with Crippen molar-refractivity contribution in [3.05, 3.63) is 57.6 Å². The molecule has 0 aliphatic rings. The lowest BCUT2D eigenvalue weighted by Gasteiger charge is -2.10. The summed E-state index contributed by atoms with van der Waals surface area (Å²) in [6.45, 7) is 2.89. The van der Waals surface area contributed by atoms with Gasteiger partial charge in [0.15, 0.2) is 0 Å². The van der Waals surface area contributed by atoms with E-state index in [1.165, 1.54) is 4.88 Å². The number of hydrogen-bond acceptors (Lipinski definition) is 3. The number of hydrogen-bond donors (Lipinski definition) is 1. The number of rotatable bonds is 4. The number of pyridine rings is 1. The Labute approximate surface area is 120 Å². The van der Waals surface area contributed by atoms with E-state index in [2.05, 4.69) is 29.5 Å². The molecule has 3 aromatic heterocycles. The second-order valence-corrected chi connectivity index (χ2v) is 6.19. The van der Waals surface area contributed by atoms with Crippen molar-refractivity contribution >= 4 is 28.6 Å². The maximum absolute atomic E-state index is 5.95. The summed E-state index contributed by atoms with van der Waals surface area (Å²) in [4.78, 5) is 5.81. The molecule has 0 saturated heterocycles. The van der Waals surface area contributed by atoms with Gasteiger partial charge in [-0.1, -0.05) is 17.7 Å². The standard InChI is InChI=1S/C14H14ClN3S/c1-10(12-5-6-13(15)19-12)16-8-11-9-18-7-3-2-4-14(18)17-11/h2-7,9-10,16H,8H2,1H3. The number of nitrogens with one attached hydrogen (secondary N) is 1. The number of halogens is 1. The largest absolute Gasteiger partial charge is 0.307 e. The van der Waals surface area contributed by atoms with Crippen molar-refractivity contribution in [1.82, 2.24) is 14.7 Å². The van der Waals surface area contributed by atoms with Crippen LogP contribution in [0.2, 0.25) is 4.34 Å². The van der Waals surface area contributed by atoms with Gasteiger partial charge < -0.3 is 9.72 Å². The number of thiophene rings is 1. The average Bonchev–Trinajstić information content (AvgIpc) is 3.01. The van der Waals surface area contributed by atoms with Crippen molar-refractivity contribution in [1.29, 1.82) is 0 Å². The van der Waals surface area contributed by atoms with Gasteiger partial charge in [-0.3, -0.25) is 0 Å². The van der Waals surface area contributed by atoms with Gasteiger partial charge in [0, 0.05) is 29.9 Å². The first-order chi connectivity index (χ1) is 9.22. The third-order valence-corrected chi connectivity index (χ3v) is 4.44. The van der Waals surface area contributed by atoms with E-state index in [1.54, 1.807) is 11.3 Å². The Morgan fingerprint density at radius 3 is 3.00 bits per heavy atom. The van der Waals surface area contributed by atoms with Crippen molar-refractivity contribution in [3.8, 4) is 0 Å².